The van der Waals surface area contributed by atoms with Crippen LogP contribution in [0.4, 0.5) is 5.69 Å². The van der Waals surface area contributed by atoms with Crippen molar-refractivity contribution >= 4 is 43.5 Å². The fourth-order valence-electron chi connectivity index (χ4n) is 3.12. The van der Waals surface area contributed by atoms with Crippen LogP contribution in [0.5, 0.6) is 5.75 Å². The third-order valence-corrected chi connectivity index (χ3v) is 6.41. The summed E-state index contributed by atoms with van der Waals surface area (Å²) >= 11 is 3.41. The zero-order valence-corrected chi connectivity index (χ0v) is 20.9. The first kappa shape index (κ1) is 25.7. The van der Waals surface area contributed by atoms with Gasteiger partial charge in [-0.3, -0.25) is 13.9 Å². The van der Waals surface area contributed by atoms with Crippen molar-refractivity contribution < 1.29 is 22.7 Å². The lowest BCUT2D eigenvalue weighted by molar-refractivity contribution is -0.139. The Kier molecular flexibility index (Phi) is 9.09. The van der Waals surface area contributed by atoms with E-state index in [2.05, 4.69) is 21.2 Å². The molecule has 0 aliphatic rings. The molecule has 0 saturated heterocycles. The zero-order valence-electron chi connectivity index (χ0n) is 18.5. The van der Waals surface area contributed by atoms with Gasteiger partial charge in [0.25, 0.3) is 0 Å². The van der Waals surface area contributed by atoms with E-state index in [-0.39, 0.29) is 12.5 Å². The molecule has 10 heteroatoms. The van der Waals surface area contributed by atoms with Crippen molar-refractivity contribution in [3.8, 4) is 5.75 Å². The van der Waals surface area contributed by atoms with Gasteiger partial charge in [-0.1, -0.05) is 34.1 Å². The van der Waals surface area contributed by atoms with Gasteiger partial charge in [0, 0.05) is 23.6 Å². The maximum absolute atomic E-state index is 13.4. The van der Waals surface area contributed by atoms with Gasteiger partial charge < -0.3 is 15.0 Å². The molecule has 0 aliphatic carbocycles. The topological polar surface area (TPSA) is 96.0 Å². The molecule has 0 fully saturated rings. The van der Waals surface area contributed by atoms with E-state index in [0.29, 0.717) is 18.0 Å². The molecule has 0 spiro atoms. The summed E-state index contributed by atoms with van der Waals surface area (Å²) in [5, 5.41) is 2.72. The van der Waals surface area contributed by atoms with Gasteiger partial charge in [0.1, 0.15) is 18.3 Å². The van der Waals surface area contributed by atoms with Gasteiger partial charge in [-0.15, -0.1) is 0 Å². The molecular weight excluding hydrogens is 498 g/mol. The average Bonchev–Trinajstić information content (AvgIpc) is 2.74. The van der Waals surface area contributed by atoms with Crippen LogP contribution in [0, 0.1) is 0 Å². The van der Waals surface area contributed by atoms with E-state index in [1.54, 1.807) is 38.1 Å². The van der Waals surface area contributed by atoms with E-state index in [1.165, 1.54) is 12.0 Å². The number of carbonyl (C=O) groups is 2. The highest BCUT2D eigenvalue weighted by Crippen LogP contribution is 2.24. The molecule has 1 N–H and O–H groups in total. The summed E-state index contributed by atoms with van der Waals surface area (Å²) in [7, 11) is -2.31. The quantitative estimate of drug-likeness (QED) is 0.514. The minimum atomic E-state index is -3.79. The number of likely N-dealkylation sites (N-methyl/N-ethyl adjacent to an activating group) is 1. The molecule has 0 saturated carbocycles. The Balaban J connectivity index is 2.39. The van der Waals surface area contributed by atoms with Crippen LogP contribution in [0.2, 0.25) is 0 Å². The van der Waals surface area contributed by atoms with E-state index in [4.69, 9.17) is 4.74 Å². The molecule has 0 heterocycles. The lowest BCUT2D eigenvalue weighted by atomic mass is 10.1. The number of ether oxygens (including phenoxy) is 1. The van der Waals surface area contributed by atoms with Crippen LogP contribution in [0.25, 0.3) is 0 Å². The standard InChI is InChI=1S/C22H28BrN3O5S/c1-5-24-22(28)16(2)25(14-17-8-6-9-18(23)12-17)21(27)15-26(32(4,29)30)19-10-7-11-20(13-19)31-3/h6-13,16H,5,14-15H2,1-4H3,(H,24,28). The number of methoxy groups -OCH3 is 1. The fourth-order valence-corrected chi connectivity index (χ4v) is 4.40. The van der Waals surface area contributed by atoms with Gasteiger partial charge in [-0.2, -0.15) is 0 Å². The number of hydrogen-bond acceptors (Lipinski definition) is 5. The Labute approximate surface area is 197 Å². The van der Waals surface area contributed by atoms with E-state index < -0.39 is 28.5 Å². The first-order valence-electron chi connectivity index (χ1n) is 10.00. The van der Waals surface area contributed by atoms with E-state index in [0.717, 1.165) is 20.6 Å². The number of benzene rings is 2. The van der Waals surface area contributed by atoms with Gasteiger partial charge in [-0.05, 0) is 43.7 Å². The molecule has 0 radical (unpaired) electrons. The summed E-state index contributed by atoms with van der Waals surface area (Å²) in [5.74, 6) is -0.356. The Bertz CT molecular complexity index is 1060. The third-order valence-electron chi connectivity index (χ3n) is 4.78. The van der Waals surface area contributed by atoms with Crippen molar-refractivity contribution in [1.82, 2.24) is 10.2 Å². The molecule has 2 aromatic rings. The maximum atomic E-state index is 13.4. The van der Waals surface area contributed by atoms with Crippen molar-refractivity contribution in [2.24, 2.45) is 0 Å². The van der Waals surface area contributed by atoms with Crippen molar-refractivity contribution in [3.05, 3.63) is 58.6 Å². The minimum absolute atomic E-state index is 0.145. The average molecular weight is 526 g/mol. The molecule has 32 heavy (non-hydrogen) atoms. The molecule has 174 valence electrons. The van der Waals surface area contributed by atoms with Gasteiger partial charge in [-0.25, -0.2) is 8.42 Å². The fraction of sp³-hybridized carbons (Fsp3) is 0.364. The number of nitrogens with one attached hydrogen (secondary N) is 1. The molecule has 0 aliphatic heterocycles. The summed E-state index contributed by atoms with van der Waals surface area (Å²) in [5.41, 5.74) is 1.10. The van der Waals surface area contributed by atoms with Crippen LogP contribution in [0.1, 0.15) is 19.4 Å². The number of carbonyl (C=O) groups excluding carboxylic acids is 2. The Hall–Kier alpha value is -2.59. The monoisotopic (exact) mass is 525 g/mol. The number of hydrogen-bond donors (Lipinski definition) is 1. The summed E-state index contributed by atoms with van der Waals surface area (Å²) in [6.07, 6.45) is 1.03. The van der Waals surface area contributed by atoms with Crippen LogP contribution in [-0.2, 0) is 26.2 Å². The Morgan fingerprint density at radius 2 is 1.84 bits per heavy atom. The number of rotatable bonds is 10. The van der Waals surface area contributed by atoms with Crippen LogP contribution >= 0.6 is 15.9 Å². The number of anilines is 1. The second-order valence-electron chi connectivity index (χ2n) is 7.19. The SMILES string of the molecule is CCNC(=O)C(C)N(Cc1cccc(Br)c1)C(=O)CN(c1cccc(OC)c1)S(C)(=O)=O. The zero-order chi connectivity index (χ0) is 23.9. The lowest BCUT2D eigenvalue weighted by Crippen LogP contribution is -2.51. The second kappa shape index (κ2) is 11.3. The van der Waals surface area contributed by atoms with Crippen molar-refractivity contribution in [1.29, 1.82) is 0 Å². The van der Waals surface area contributed by atoms with Crippen molar-refractivity contribution in [2.45, 2.75) is 26.4 Å². The third kappa shape index (κ3) is 6.96. The molecule has 0 aromatic heterocycles. The normalized spacial score (nSPS) is 12.0. The van der Waals surface area contributed by atoms with Crippen molar-refractivity contribution in [2.75, 3.05) is 30.8 Å². The molecule has 0 bridgehead atoms. The Morgan fingerprint density at radius 1 is 1.16 bits per heavy atom. The molecular formula is C22H28BrN3O5S. The molecule has 2 rings (SSSR count). The molecule has 1 unspecified atom stereocenters. The number of amides is 2. The maximum Gasteiger partial charge on any atom is 0.244 e. The minimum Gasteiger partial charge on any atom is -0.497 e. The Morgan fingerprint density at radius 3 is 2.44 bits per heavy atom. The molecule has 8 nitrogen and oxygen atoms in total. The van der Waals surface area contributed by atoms with Gasteiger partial charge in [0.2, 0.25) is 21.8 Å². The largest absolute Gasteiger partial charge is 0.497 e. The first-order chi connectivity index (χ1) is 15.1. The summed E-state index contributed by atoms with van der Waals surface area (Å²) in [4.78, 5) is 27.3. The van der Waals surface area contributed by atoms with E-state index >= 15 is 0 Å². The highest BCUT2D eigenvalue weighted by molar-refractivity contribution is 9.10. The van der Waals surface area contributed by atoms with Crippen LogP contribution < -0.4 is 14.4 Å². The van der Waals surface area contributed by atoms with Crippen LogP contribution in [-0.4, -0.2) is 57.6 Å². The molecule has 2 amide bonds. The van der Waals surface area contributed by atoms with Gasteiger partial charge >= 0.3 is 0 Å². The number of halogens is 1. The summed E-state index contributed by atoms with van der Waals surface area (Å²) in [6, 6.07) is 13.0. The lowest BCUT2D eigenvalue weighted by Gasteiger charge is -2.31. The highest BCUT2D eigenvalue weighted by Gasteiger charge is 2.30. The first-order valence-corrected chi connectivity index (χ1v) is 12.6. The second-order valence-corrected chi connectivity index (χ2v) is 10.0. The summed E-state index contributed by atoms with van der Waals surface area (Å²) in [6.45, 7) is 3.52. The number of sulfonamides is 1. The highest BCUT2D eigenvalue weighted by atomic mass is 79.9. The van der Waals surface area contributed by atoms with Crippen molar-refractivity contribution in [3.63, 3.8) is 0 Å². The summed E-state index contributed by atoms with van der Waals surface area (Å²) < 4.78 is 32.1. The molecule has 1 atom stereocenters. The molecule has 2 aromatic carbocycles. The smallest absolute Gasteiger partial charge is 0.244 e. The number of nitrogens with zero attached hydrogens (tertiary/aromatic N) is 2. The van der Waals surface area contributed by atoms with Crippen LogP contribution in [0.15, 0.2) is 53.0 Å². The van der Waals surface area contributed by atoms with E-state index in [1.807, 2.05) is 24.3 Å². The van der Waals surface area contributed by atoms with E-state index in [9.17, 15) is 18.0 Å². The van der Waals surface area contributed by atoms with Gasteiger partial charge in [0.15, 0.2) is 0 Å². The van der Waals surface area contributed by atoms with Crippen LogP contribution in [0.3, 0.4) is 0 Å². The van der Waals surface area contributed by atoms with Gasteiger partial charge in [0.05, 0.1) is 19.1 Å². The predicted octanol–water partition coefficient (Wildman–Crippen LogP) is 2.78. The predicted molar refractivity (Wildman–Crippen MR) is 128 cm³/mol.